The third-order valence-electron chi connectivity index (χ3n) is 5.40. The normalized spacial score (nSPS) is 12.2. The van der Waals surface area contributed by atoms with Crippen LogP contribution in [0.5, 0.6) is 5.75 Å². The monoisotopic (exact) mass is 475 g/mol. The van der Waals surface area contributed by atoms with Crippen LogP contribution in [0.2, 0.25) is 0 Å². The summed E-state index contributed by atoms with van der Waals surface area (Å²) in [4.78, 5) is 21.5. The van der Waals surface area contributed by atoms with Gasteiger partial charge in [-0.2, -0.15) is 0 Å². The number of hydrogen-bond donors (Lipinski definition) is 1. The molecule has 0 saturated carbocycles. The Morgan fingerprint density at radius 3 is 2.61 bits per heavy atom. The third kappa shape index (κ3) is 3.94. The Morgan fingerprint density at radius 2 is 1.82 bits per heavy atom. The van der Waals surface area contributed by atoms with Crippen molar-refractivity contribution >= 4 is 33.3 Å². The molecule has 0 fully saturated rings. The van der Waals surface area contributed by atoms with Gasteiger partial charge in [-0.1, -0.05) is 54.2 Å². The van der Waals surface area contributed by atoms with Gasteiger partial charge in [0, 0.05) is 18.0 Å². The van der Waals surface area contributed by atoms with E-state index in [9.17, 15) is 4.79 Å². The summed E-state index contributed by atoms with van der Waals surface area (Å²) in [5.41, 5.74) is 2.66. The number of H-pyrrole nitrogens is 1. The van der Waals surface area contributed by atoms with Crippen LogP contribution in [-0.2, 0) is 7.05 Å². The van der Waals surface area contributed by atoms with Gasteiger partial charge in [-0.3, -0.25) is 4.79 Å². The minimum Gasteiger partial charge on any atom is -0.496 e. The molecule has 1 atom stereocenters. The van der Waals surface area contributed by atoms with Gasteiger partial charge in [0.25, 0.3) is 5.56 Å². The molecule has 33 heavy (non-hydrogen) atoms. The summed E-state index contributed by atoms with van der Waals surface area (Å²) in [7, 11) is 3.56. The van der Waals surface area contributed by atoms with Crippen LogP contribution < -0.4 is 10.3 Å². The number of benzene rings is 2. The topological polar surface area (TPSA) is 85.7 Å². The zero-order chi connectivity index (χ0) is 22.9. The Labute approximate surface area is 198 Å². The van der Waals surface area contributed by atoms with Crippen molar-refractivity contribution in [2.24, 2.45) is 7.05 Å². The second-order valence-corrected chi connectivity index (χ2v) is 9.64. The molecule has 0 bridgehead atoms. The van der Waals surface area contributed by atoms with Crippen molar-refractivity contribution in [3.8, 4) is 28.3 Å². The fraction of sp³-hybridized carbons (Fsp3) is 0.167. The van der Waals surface area contributed by atoms with E-state index in [-0.39, 0.29) is 10.8 Å². The zero-order valence-corrected chi connectivity index (χ0v) is 19.9. The van der Waals surface area contributed by atoms with E-state index in [0.717, 1.165) is 32.4 Å². The number of nitrogens with one attached hydrogen (secondary N) is 1. The lowest BCUT2D eigenvalue weighted by Crippen LogP contribution is -2.12. The Balaban J connectivity index is 1.45. The molecule has 5 rings (SSSR count). The number of fused-ring (bicyclic) bond motifs is 1. The molecule has 3 heterocycles. The number of para-hydroxylation sites is 1. The Morgan fingerprint density at radius 1 is 1.06 bits per heavy atom. The van der Waals surface area contributed by atoms with Crippen molar-refractivity contribution < 1.29 is 4.74 Å². The van der Waals surface area contributed by atoms with E-state index in [1.165, 1.54) is 23.1 Å². The van der Waals surface area contributed by atoms with Crippen molar-refractivity contribution in [1.82, 2.24) is 24.7 Å². The predicted molar refractivity (Wildman–Crippen MR) is 133 cm³/mol. The molecule has 5 aromatic rings. The van der Waals surface area contributed by atoms with Crippen LogP contribution in [0.15, 0.2) is 69.9 Å². The molecule has 0 spiro atoms. The number of ether oxygens (including phenoxy) is 1. The van der Waals surface area contributed by atoms with E-state index in [1.54, 1.807) is 7.11 Å². The van der Waals surface area contributed by atoms with Gasteiger partial charge in [0.1, 0.15) is 16.4 Å². The van der Waals surface area contributed by atoms with E-state index in [1.807, 2.05) is 78.5 Å². The molecule has 9 heteroatoms. The smallest absolute Gasteiger partial charge is 0.260 e. The summed E-state index contributed by atoms with van der Waals surface area (Å²) in [6.07, 6.45) is 0. The molecule has 0 aliphatic rings. The van der Waals surface area contributed by atoms with E-state index < -0.39 is 0 Å². The lowest BCUT2D eigenvalue weighted by Gasteiger charge is -2.11. The molecule has 1 N–H and O–H groups in total. The molecule has 0 amide bonds. The fourth-order valence-electron chi connectivity index (χ4n) is 3.68. The second kappa shape index (κ2) is 8.84. The average molecular weight is 476 g/mol. The van der Waals surface area contributed by atoms with Crippen LogP contribution in [0.4, 0.5) is 0 Å². The highest BCUT2D eigenvalue weighted by atomic mass is 32.2. The zero-order valence-electron chi connectivity index (χ0n) is 18.3. The van der Waals surface area contributed by atoms with Crippen LogP contribution in [-0.4, -0.2) is 31.8 Å². The number of thioether (sulfide) groups is 1. The largest absolute Gasteiger partial charge is 0.496 e. The number of aromatic nitrogens is 5. The molecule has 7 nitrogen and oxygen atoms in total. The van der Waals surface area contributed by atoms with Gasteiger partial charge in [-0.15, -0.1) is 21.5 Å². The lowest BCUT2D eigenvalue weighted by atomic mass is 10.1. The van der Waals surface area contributed by atoms with Gasteiger partial charge >= 0.3 is 0 Å². The quantitative estimate of drug-likeness (QED) is 0.335. The third-order valence-corrected chi connectivity index (χ3v) is 7.41. The molecule has 166 valence electrons. The van der Waals surface area contributed by atoms with Crippen LogP contribution in [0.1, 0.15) is 18.0 Å². The SMILES string of the molecule is COc1ccccc1-c1nnc(SC(C)c2nc3scc(-c4ccccc4)c3c(=O)[nH]2)n1C. The van der Waals surface area contributed by atoms with E-state index in [4.69, 9.17) is 9.72 Å². The first-order chi connectivity index (χ1) is 16.1. The number of hydrogen-bond acceptors (Lipinski definition) is 7. The van der Waals surface area contributed by atoms with Gasteiger partial charge in [0.15, 0.2) is 11.0 Å². The van der Waals surface area contributed by atoms with Crippen molar-refractivity contribution in [3.05, 3.63) is 76.2 Å². The lowest BCUT2D eigenvalue weighted by molar-refractivity contribution is 0.416. The van der Waals surface area contributed by atoms with E-state index >= 15 is 0 Å². The Kier molecular flexibility index (Phi) is 5.74. The van der Waals surface area contributed by atoms with Crippen molar-refractivity contribution in [1.29, 1.82) is 0 Å². The maximum atomic E-state index is 13.0. The maximum absolute atomic E-state index is 13.0. The van der Waals surface area contributed by atoms with Crippen LogP contribution in [0.25, 0.3) is 32.7 Å². The van der Waals surface area contributed by atoms with Crippen LogP contribution in [0.3, 0.4) is 0 Å². The van der Waals surface area contributed by atoms with Gasteiger partial charge in [-0.05, 0) is 24.6 Å². The Bertz CT molecular complexity index is 1490. The molecule has 1 unspecified atom stereocenters. The fourth-order valence-corrected chi connectivity index (χ4v) is 5.51. The van der Waals surface area contributed by atoms with Gasteiger partial charge < -0.3 is 14.3 Å². The number of thiophene rings is 1. The summed E-state index contributed by atoms with van der Waals surface area (Å²) >= 11 is 2.98. The second-order valence-electron chi connectivity index (χ2n) is 7.47. The first kappa shape index (κ1) is 21.4. The molecule has 0 radical (unpaired) electrons. The summed E-state index contributed by atoms with van der Waals surface area (Å²) < 4.78 is 7.39. The van der Waals surface area contributed by atoms with Gasteiger partial charge in [0.05, 0.1) is 23.3 Å². The van der Waals surface area contributed by atoms with Crippen molar-refractivity contribution in [2.75, 3.05) is 7.11 Å². The predicted octanol–water partition coefficient (Wildman–Crippen LogP) is 5.31. The number of methoxy groups -OCH3 is 1. The molecule has 2 aromatic carbocycles. The molecule has 0 aliphatic carbocycles. The molecule has 0 aliphatic heterocycles. The first-order valence-electron chi connectivity index (χ1n) is 10.3. The standard InChI is InChI=1S/C24H21N5O2S2/c1-14(33-24-28-27-21(29(24)2)16-11-7-8-12-18(16)31-3)20-25-22(30)19-17(13-32-23(19)26-20)15-9-5-4-6-10-15/h4-14H,1-3H3,(H,25,26,30). The summed E-state index contributed by atoms with van der Waals surface area (Å²) in [6.45, 7) is 2.00. The summed E-state index contributed by atoms with van der Waals surface area (Å²) in [5, 5.41) is 12.0. The molecular formula is C24H21N5O2S2. The summed E-state index contributed by atoms with van der Waals surface area (Å²) in [6, 6.07) is 17.6. The molecule has 0 saturated heterocycles. The highest BCUT2D eigenvalue weighted by molar-refractivity contribution is 7.99. The number of aromatic amines is 1. The van der Waals surface area contributed by atoms with Crippen molar-refractivity contribution in [3.63, 3.8) is 0 Å². The molecular weight excluding hydrogens is 454 g/mol. The minimum atomic E-state index is -0.129. The summed E-state index contributed by atoms with van der Waals surface area (Å²) in [5.74, 6) is 2.06. The van der Waals surface area contributed by atoms with Gasteiger partial charge in [-0.25, -0.2) is 4.98 Å². The average Bonchev–Trinajstić information content (AvgIpc) is 3.43. The minimum absolute atomic E-state index is 0.127. The van der Waals surface area contributed by atoms with Gasteiger partial charge in [0.2, 0.25) is 0 Å². The highest BCUT2D eigenvalue weighted by Crippen LogP contribution is 2.36. The van der Waals surface area contributed by atoms with E-state index in [0.29, 0.717) is 17.0 Å². The highest BCUT2D eigenvalue weighted by Gasteiger charge is 2.20. The molecule has 3 aromatic heterocycles. The van der Waals surface area contributed by atoms with E-state index in [2.05, 4.69) is 15.2 Å². The number of rotatable bonds is 6. The number of nitrogens with zero attached hydrogens (tertiary/aromatic N) is 4. The first-order valence-corrected chi connectivity index (χ1v) is 12.1. The maximum Gasteiger partial charge on any atom is 0.260 e. The van der Waals surface area contributed by atoms with Crippen LogP contribution >= 0.6 is 23.1 Å². The van der Waals surface area contributed by atoms with Crippen LogP contribution in [0, 0.1) is 0 Å². The van der Waals surface area contributed by atoms with Crippen molar-refractivity contribution in [2.45, 2.75) is 17.3 Å². The Hall–Kier alpha value is -3.43.